The van der Waals surface area contributed by atoms with Gasteiger partial charge in [0.15, 0.2) is 5.76 Å². The molecule has 1 amide bonds. The van der Waals surface area contributed by atoms with Crippen molar-refractivity contribution in [1.82, 2.24) is 10.2 Å². The smallest absolute Gasteiger partial charge is 0.403 e. The summed E-state index contributed by atoms with van der Waals surface area (Å²) >= 11 is 11.8. The predicted octanol–water partition coefficient (Wildman–Crippen LogP) is 3.80. The zero-order chi connectivity index (χ0) is 17.3. The van der Waals surface area contributed by atoms with Gasteiger partial charge in [0, 0.05) is 5.02 Å². The number of benzene rings is 1. The van der Waals surface area contributed by atoms with E-state index in [0.717, 1.165) is 12.1 Å². The molecular weight excluding hydrogens is 363 g/mol. The number of rotatable bonds is 4. The van der Waals surface area contributed by atoms with E-state index in [0.29, 0.717) is 15.6 Å². The largest absolute Gasteiger partial charge is 0.433 e. The summed E-state index contributed by atoms with van der Waals surface area (Å²) in [7, 11) is 0. The maximum absolute atomic E-state index is 11.9. The molecular formula is C13H6Cl2N4O5. The molecule has 0 saturated carbocycles. The molecule has 0 aliphatic carbocycles. The monoisotopic (exact) mass is 368 g/mol. The number of nitrogens with one attached hydrogen (secondary N) is 1. The Morgan fingerprint density at radius 3 is 2.62 bits per heavy atom. The van der Waals surface area contributed by atoms with Crippen LogP contribution in [0.3, 0.4) is 0 Å². The van der Waals surface area contributed by atoms with E-state index >= 15 is 0 Å². The molecule has 0 bridgehead atoms. The summed E-state index contributed by atoms with van der Waals surface area (Å²) in [5.41, 5.74) is 0.433. The van der Waals surface area contributed by atoms with Crippen molar-refractivity contribution < 1.29 is 18.6 Å². The van der Waals surface area contributed by atoms with Crippen LogP contribution in [-0.2, 0) is 0 Å². The number of aromatic nitrogens is 2. The van der Waals surface area contributed by atoms with Crippen LogP contribution >= 0.6 is 23.2 Å². The Balaban J connectivity index is 1.78. The fourth-order valence-electron chi connectivity index (χ4n) is 1.75. The minimum absolute atomic E-state index is 0.0670. The minimum Gasteiger partial charge on any atom is -0.403 e. The third-order valence-corrected chi connectivity index (χ3v) is 3.35. The Morgan fingerprint density at radius 1 is 1.17 bits per heavy atom. The lowest BCUT2D eigenvalue weighted by molar-refractivity contribution is -0.402. The van der Waals surface area contributed by atoms with Crippen molar-refractivity contribution >= 4 is 41.0 Å². The fourth-order valence-corrected chi connectivity index (χ4v) is 2.24. The van der Waals surface area contributed by atoms with Gasteiger partial charge in [0.2, 0.25) is 0 Å². The van der Waals surface area contributed by atoms with E-state index in [1.165, 1.54) is 6.07 Å². The van der Waals surface area contributed by atoms with E-state index < -0.39 is 16.7 Å². The van der Waals surface area contributed by atoms with Crippen molar-refractivity contribution in [3.63, 3.8) is 0 Å². The molecule has 2 heterocycles. The quantitative estimate of drug-likeness (QED) is 0.548. The van der Waals surface area contributed by atoms with E-state index in [4.69, 9.17) is 32.0 Å². The first-order valence-electron chi connectivity index (χ1n) is 6.28. The molecule has 122 valence electrons. The van der Waals surface area contributed by atoms with Crippen molar-refractivity contribution in [1.29, 1.82) is 0 Å². The fraction of sp³-hybridized carbons (Fsp3) is 0. The summed E-state index contributed by atoms with van der Waals surface area (Å²) < 4.78 is 10.0. The predicted molar refractivity (Wildman–Crippen MR) is 83.1 cm³/mol. The van der Waals surface area contributed by atoms with Crippen LogP contribution in [-0.4, -0.2) is 21.0 Å². The highest BCUT2D eigenvalue weighted by molar-refractivity contribution is 6.36. The van der Waals surface area contributed by atoms with Gasteiger partial charge in [-0.2, -0.15) is 0 Å². The summed E-state index contributed by atoms with van der Waals surface area (Å²) in [6.07, 6.45) is 0. The molecule has 2 aromatic heterocycles. The van der Waals surface area contributed by atoms with Gasteiger partial charge in [0.05, 0.1) is 16.7 Å². The molecule has 0 aliphatic rings. The second-order valence-corrected chi connectivity index (χ2v) is 5.23. The lowest BCUT2D eigenvalue weighted by Crippen LogP contribution is -2.11. The first kappa shape index (κ1) is 16.0. The molecule has 0 atom stereocenters. The number of amides is 1. The topological polar surface area (TPSA) is 124 Å². The number of halogens is 2. The number of furan rings is 1. The molecule has 0 saturated heterocycles. The van der Waals surface area contributed by atoms with Crippen LogP contribution in [0.1, 0.15) is 10.6 Å². The molecule has 24 heavy (non-hydrogen) atoms. The van der Waals surface area contributed by atoms with Gasteiger partial charge in [-0.3, -0.25) is 20.2 Å². The maximum atomic E-state index is 11.9. The molecule has 9 nitrogen and oxygen atoms in total. The molecule has 3 rings (SSSR count). The first-order chi connectivity index (χ1) is 11.4. The van der Waals surface area contributed by atoms with E-state index in [1.54, 1.807) is 12.1 Å². The Hall–Kier alpha value is -2.91. The first-order valence-corrected chi connectivity index (χ1v) is 7.04. The SMILES string of the molecule is O=C(Nc1nnc(-c2ccc(Cl)cc2Cl)o1)c1ccc([N+](=O)[O-])o1. The number of carbonyl (C=O) groups is 1. The van der Waals surface area contributed by atoms with Crippen molar-refractivity contribution in [3.8, 4) is 11.5 Å². The molecule has 3 aromatic rings. The minimum atomic E-state index is -0.777. The van der Waals surface area contributed by atoms with Crippen molar-refractivity contribution in [2.75, 3.05) is 5.32 Å². The van der Waals surface area contributed by atoms with Crippen LogP contribution in [0.15, 0.2) is 39.2 Å². The number of carbonyl (C=O) groups excluding carboxylic acids is 1. The zero-order valence-electron chi connectivity index (χ0n) is 11.5. The zero-order valence-corrected chi connectivity index (χ0v) is 13.0. The third kappa shape index (κ3) is 3.21. The Morgan fingerprint density at radius 2 is 1.96 bits per heavy atom. The second-order valence-electron chi connectivity index (χ2n) is 4.39. The van der Waals surface area contributed by atoms with E-state index in [2.05, 4.69) is 15.5 Å². The highest BCUT2D eigenvalue weighted by Crippen LogP contribution is 2.30. The summed E-state index contributed by atoms with van der Waals surface area (Å²) in [6, 6.07) is 6.66. The molecule has 1 aromatic carbocycles. The number of anilines is 1. The number of hydrogen-bond acceptors (Lipinski definition) is 7. The van der Waals surface area contributed by atoms with E-state index in [-0.39, 0.29) is 17.7 Å². The van der Waals surface area contributed by atoms with Crippen molar-refractivity contribution in [2.24, 2.45) is 0 Å². The highest BCUT2D eigenvalue weighted by atomic mass is 35.5. The van der Waals surface area contributed by atoms with Gasteiger partial charge in [0.25, 0.3) is 11.8 Å². The van der Waals surface area contributed by atoms with Gasteiger partial charge >= 0.3 is 11.9 Å². The van der Waals surface area contributed by atoms with Gasteiger partial charge in [0.1, 0.15) is 4.92 Å². The Kier molecular flexibility index (Phi) is 4.19. The maximum Gasteiger partial charge on any atom is 0.433 e. The van der Waals surface area contributed by atoms with Crippen LogP contribution in [0.25, 0.3) is 11.5 Å². The van der Waals surface area contributed by atoms with Gasteiger partial charge in [-0.1, -0.05) is 28.3 Å². The molecule has 0 spiro atoms. The van der Waals surface area contributed by atoms with Crippen LogP contribution in [0.5, 0.6) is 0 Å². The summed E-state index contributed by atoms with van der Waals surface area (Å²) in [6.45, 7) is 0. The summed E-state index contributed by atoms with van der Waals surface area (Å²) in [5, 5.41) is 20.9. The van der Waals surface area contributed by atoms with E-state index in [9.17, 15) is 14.9 Å². The lowest BCUT2D eigenvalue weighted by Gasteiger charge is -1.99. The third-order valence-electron chi connectivity index (χ3n) is 2.80. The van der Waals surface area contributed by atoms with Crippen molar-refractivity contribution in [2.45, 2.75) is 0 Å². The number of hydrogen-bond donors (Lipinski definition) is 1. The Bertz CT molecular complexity index is 936. The summed E-state index contributed by atoms with van der Waals surface area (Å²) in [4.78, 5) is 21.7. The molecule has 0 unspecified atom stereocenters. The average molecular weight is 369 g/mol. The van der Waals surface area contributed by atoms with Crippen LogP contribution < -0.4 is 5.32 Å². The molecule has 0 fully saturated rings. The van der Waals surface area contributed by atoms with Crippen LogP contribution in [0.2, 0.25) is 10.0 Å². The van der Waals surface area contributed by atoms with Crippen LogP contribution in [0, 0.1) is 10.1 Å². The lowest BCUT2D eigenvalue weighted by atomic mass is 10.2. The standard InChI is InChI=1S/C13H6Cl2N4O5/c14-6-1-2-7(8(15)5-6)12-17-18-13(24-12)16-11(20)9-3-4-10(23-9)19(21)22/h1-5H,(H,16,18,20). The molecule has 1 N–H and O–H groups in total. The second kappa shape index (κ2) is 6.30. The van der Waals surface area contributed by atoms with Crippen LogP contribution in [0.4, 0.5) is 11.9 Å². The Labute approximate surface area is 143 Å². The van der Waals surface area contributed by atoms with Gasteiger partial charge in [-0.05, 0) is 24.3 Å². The van der Waals surface area contributed by atoms with Crippen molar-refractivity contribution in [3.05, 3.63) is 56.3 Å². The number of nitro groups is 1. The van der Waals surface area contributed by atoms with Gasteiger partial charge in [-0.25, -0.2) is 0 Å². The molecule has 0 radical (unpaired) electrons. The van der Waals surface area contributed by atoms with Gasteiger partial charge < -0.3 is 8.83 Å². The highest BCUT2D eigenvalue weighted by Gasteiger charge is 2.20. The molecule has 11 heteroatoms. The van der Waals surface area contributed by atoms with E-state index in [1.807, 2.05) is 0 Å². The summed E-state index contributed by atoms with van der Waals surface area (Å²) in [5.74, 6) is -1.54. The molecule has 0 aliphatic heterocycles. The normalized spacial score (nSPS) is 10.6. The van der Waals surface area contributed by atoms with Gasteiger partial charge in [-0.15, -0.1) is 5.10 Å². The average Bonchev–Trinajstić information content (AvgIpc) is 3.16. The number of nitrogens with zero attached hydrogens (tertiary/aromatic N) is 3.